The van der Waals surface area contributed by atoms with Crippen molar-refractivity contribution in [2.75, 3.05) is 45.8 Å². The van der Waals surface area contributed by atoms with Crippen LogP contribution in [-0.2, 0) is 25.5 Å². The number of carbonyl (C=O) groups excluding carboxylic acids is 3. The molecule has 2 rings (SSSR count). The Morgan fingerprint density at radius 1 is 0.935 bits per heavy atom. The monoisotopic (exact) mass is 427 g/mol. The molecule has 0 aliphatic carbocycles. The van der Waals surface area contributed by atoms with Crippen LogP contribution in [0, 0.1) is 6.92 Å². The van der Waals surface area contributed by atoms with Crippen molar-refractivity contribution in [3.63, 3.8) is 0 Å². The van der Waals surface area contributed by atoms with E-state index in [1.54, 1.807) is 43.5 Å². The first-order valence-electron chi connectivity index (χ1n) is 9.94. The summed E-state index contributed by atoms with van der Waals surface area (Å²) in [6.45, 7) is 2.19. The Morgan fingerprint density at radius 3 is 2.23 bits per heavy atom. The quantitative estimate of drug-likeness (QED) is 0.570. The lowest BCUT2D eigenvalue weighted by molar-refractivity contribution is -0.136. The van der Waals surface area contributed by atoms with Gasteiger partial charge in [0.2, 0.25) is 17.7 Å². The number of nitrogens with zero attached hydrogens (tertiary/aromatic N) is 1. The maximum Gasteiger partial charge on any atom is 0.243 e. The molecule has 0 heterocycles. The van der Waals surface area contributed by atoms with Gasteiger partial charge < -0.3 is 25.0 Å². The predicted molar refractivity (Wildman–Crippen MR) is 118 cm³/mol. The zero-order valence-corrected chi connectivity index (χ0v) is 18.1. The van der Waals surface area contributed by atoms with Gasteiger partial charge in [0, 0.05) is 19.3 Å². The second-order valence-corrected chi connectivity index (χ2v) is 7.02. The Bertz CT molecular complexity index is 866. The average Bonchev–Trinajstić information content (AvgIpc) is 2.77. The third-order valence-corrected chi connectivity index (χ3v) is 4.55. The van der Waals surface area contributed by atoms with Crippen molar-refractivity contribution in [3.05, 3.63) is 59.7 Å². The van der Waals surface area contributed by atoms with Crippen molar-refractivity contribution in [1.82, 2.24) is 10.2 Å². The van der Waals surface area contributed by atoms with Gasteiger partial charge in [-0.05, 0) is 36.8 Å². The van der Waals surface area contributed by atoms with E-state index in [0.717, 1.165) is 11.1 Å². The van der Waals surface area contributed by atoms with Crippen molar-refractivity contribution in [1.29, 1.82) is 0 Å². The normalized spacial score (nSPS) is 10.3. The van der Waals surface area contributed by atoms with Gasteiger partial charge in [-0.1, -0.05) is 29.8 Å². The van der Waals surface area contributed by atoms with Crippen LogP contribution in [0.5, 0.6) is 5.75 Å². The summed E-state index contributed by atoms with van der Waals surface area (Å²) in [4.78, 5) is 38.5. The number of rotatable bonds is 11. The number of nitrogens with one attached hydrogen (secondary N) is 2. The summed E-state index contributed by atoms with van der Waals surface area (Å²) in [6, 6.07) is 14.5. The minimum atomic E-state index is -0.418. The van der Waals surface area contributed by atoms with Crippen LogP contribution in [0.4, 0.5) is 5.69 Å². The number of hydrogen-bond acceptors (Lipinski definition) is 5. The van der Waals surface area contributed by atoms with Gasteiger partial charge in [-0.15, -0.1) is 0 Å². The topological polar surface area (TPSA) is 97.0 Å². The van der Waals surface area contributed by atoms with E-state index in [1.165, 1.54) is 12.0 Å². The maximum absolute atomic E-state index is 12.7. The number of anilines is 1. The summed E-state index contributed by atoms with van der Waals surface area (Å²) in [6.07, 6.45) is 0.148. The van der Waals surface area contributed by atoms with Crippen molar-refractivity contribution in [2.45, 2.75) is 13.3 Å². The lowest BCUT2D eigenvalue weighted by Crippen LogP contribution is -2.44. The van der Waals surface area contributed by atoms with Gasteiger partial charge in [-0.25, -0.2) is 0 Å². The number of methoxy groups -OCH3 is 2. The van der Waals surface area contributed by atoms with Gasteiger partial charge in [-0.2, -0.15) is 0 Å². The molecule has 0 fully saturated rings. The van der Waals surface area contributed by atoms with Crippen LogP contribution in [0.25, 0.3) is 0 Å². The Hall–Kier alpha value is -3.39. The molecule has 0 atom stereocenters. The smallest absolute Gasteiger partial charge is 0.243 e. The van der Waals surface area contributed by atoms with Gasteiger partial charge in [0.15, 0.2) is 0 Å². The summed E-state index contributed by atoms with van der Waals surface area (Å²) < 4.78 is 10.2. The largest absolute Gasteiger partial charge is 0.497 e. The molecule has 0 aliphatic rings. The van der Waals surface area contributed by atoms with E-state index in [1.807, 2.05) is 19.1 Å². The van der Waals surface area contributed by atoms with E-state index < -0.39 is 5.91 Å². The molecule has 0 unspecified atom stereocenters. The number of benzene rings is 2. The van der Waals surface area contributed by atoms with Gasteiger partial charge >= 0.3 is 0 Å². The summed E-state index contributed by atoms with van der Waals surface area (Å²) in [5.74, 6) is -0.263. The van der Waals surface area contributed by atoms with E-state index in [0.29, 0.717) is 18.0 Å². The first-order chi connectivity index (χ1) is 14.9. The Labute approximate surface area is 182 Å². The van der Waals surface area contributed by atoms with Crippen LogP contribution in [0.2, 0.25) is 0 Å². The van der Waals surface area contributed by atoms with Crippen molar-refractivity contribution >= 4 is 23.4 Å². The number of aryl methyl sites for hydroxylation is 1. The Morgan fingerprint density at radius 2 is 1.61 bits per heavy atom. The molecule has 0 saturated heterocycles. The number of hydrogen-bond donors (Lipinski definition) is 2. The fraction of sp³-hybridized carbons (Fsp3) is 0.348. The van der Waals surface area contributed by atoms with E-state index in [2.05, 4.69) is 10.6 Å². The zero-order chi connectivity index (χ0) is 22.6. The lowest BCUT2D eigenvalue weighted by Gasteiger charge is -2.22. The number of amides is 3. The van der Waals surface area contributed by atoms with Crippen molar-refractivity contribution in [2.24, 2.45) is 0 Å². The third kappa shape index (κ3) is 8.47. The highest BCUT2D eigenvalue weighted by molar-refractivity contribution is 5.95. The van der Waals surface area contributed by atoms with E-state index in [9.17, 15) is 14.4 Å². The molecule has 166 valence electrons. The first-order valence-corrected chi connectivity index (χ1v) is 9.94. The highest BCUT2D eigenvalue weighted by atomic mass is 16.5. The molecule has 8 heteroatoms. The molecule has 2 N–H and O–H groups in total. The van der Waals surface area contributed by atoms with Crippen LogP contribution >= 0.6 is 0 Å². The highest BCUT2D eigenvalue weighted by Crippen LogP contribution is 2.12. The molecule has 8 nitrogen and oxygen atoms in total. The molecule has 0 bridgehead atoms. The molecular formula is C23H29N3O5. The molecule has 0 saturated carbocycles. The highest BCUT2D eigenvalue weighted by Gasteiger charge is 2.18. The molecule has 0 aromatic heterocycles. The van der Waals surface area contributed by atoms with Gasteiger partial charge in [-0.3, -0.25) is 14.4 Å². The summed E-state index contributed by atoms with van der Waals surface area (Å²) in [5, 5.41) is 5.26. The van der Waals surface area contributed by atoms with Crippen LogP contribution in [0.1, 0.15) is 11.1 Å². The molecule has 2 aromatic carbocycles. The predicted octanol–water partition coefficient (Wildman–Crippen LogP) is 1.78. The minimum Gasteiger partial charge on any atom is -0.497 e. The average molecular weight is 428 g/mol. The standard InChI is InChI=1S/C23H29N3O5/c1-17-4-8-19(9-5-17)25-21(27)15-24-22(28)16-26(12-13-30-2)23(29)14-18-6-10-20(31-3)11-7-18/h4-11H,12-16H2,1-3H3,(H,24,28)(H,25,27). The second kappa shape index (κ2) is 12.3. The molecule has 0 aliphatic heterocycles. The van der Waals surface area contributed by atoms with Gasteiger partial charge in [0.05, 0.1) is 33.2 Å². The summed E-state index contributed by atoms with van der Waals surface area (Å²) in [7, 11) is 3.11. The lowest BCUT2D eigenvalue weighted by atomic mass is 10.1. The van der Waals surface area contributed by atoms with Crippen LogP contribution < -0.4 is 15.4 Å². The third-order valence-electron chi connectivity index (χ3n) is 4.55. The van der Waals surface area contributed by atoms with Crippen molar-refractivity contribution in [3.8, 4) is 5.75 Å². The van der Waals surface area contributed by atoms with Crippen LogP contribution in [0.15, 0.2) is 48.5 Å². The Balaban J connectivity index is 1.86. The van der Waals surface area contributed by atoms with Crippen LogP contribution in [0.3, 0.4) is 0 Å². The molecule has 0 spiro atoms. The first kappa shape index (κ1) is 23.9. The molecule has 0 radical (unpaired) electrons. The summed E-state index contributed by atoms with van der Waals surface area (Å²) in [5.41, 5.74) is 2.55. The summed E-state index contributed by atoms with van der Waals surface area (Å²) >= 11 is 0. The van der Waals surface area contributed by atoms with Crippen LogP contribution in [-0.4, -0.2) is 63.1 Å². The van der Waals surface area contributed by atoms with E-state index in [-0.39, 0.29) is 37.9 Å². The fourth-order valence-electron chi connectivity index (χ4n) is 2.77. The van der Waals surface area contributed by atoms with E-state index >= 15 is 0 Å². The molecule has 3 amide bonds. The zero-order valence-electron chi connectivity index (χ0n) is 18.1. The Kier molecular flexibility index (Phi) is 9.51. The SMILES string of the molecule is COCCN(CC(=O)NCC(=O)Nc1ccc(C)cc1)C(=O)Cc1ccc(OC)cc1. The fourth-order valence-corrected chi connectivity index (χ4v) is 2.77. The van der Waals surface area contributed by atoms with Crippen molar-refractivity contribution < 1.29 is 23.9 Å². The number of ether oxygens (including phenoxy) is 2. The number of carbonyl (C=O) groups is 3. The molecular weight excluding hydrogens is 398 g/mol. The van der Waals surface area contributed by atoms with Gasteiger partial charge in [0.25, 0.3) is 0 Å². The minimum absolute atomic E-state index is 0.148. The molecule has 31 heavy (non-hydrogen) atoms. The molecule has 2 aromatic rings. The van der Waals surface area contributed by atoms with Gasteiger partial charge in [0.1, 0.15) is 5.75 Å². The maximum atomic E-state index is 12.7. The second-order valence-electron chi connectivity index (χ2n) is 7.02. The van der Waals surface area contributed by atoms with E-state index in [4.69, 9.17) is 9.47 Å².